The molecule has 0 aliphatic rings. The van der Waals surface area contributed by atoms with Gasteiger partial charge in [0.15, 0.2) is 0 Å². The summed E-state index contributed by atoms with van der Waals surface area (Å²) >= 11 is 0. The van der Waals surface area contributed by atoms with E-state index in [1.807, 2.05) is 7.05 Å². The molecule has 0 bridgehead atoms. The zero-order valence-electron chi connectivity index (χ0n) is 11.3. The van der Waals surface area contributed by atoms with E-state index in [4.69, 9.17) is 0 Å². The Morgan fingerprint density at radius 2 is 1.47 bits per heavy atom. The fraction of sp³-hybridized carbons (Fsp3) is 1.00. The van der Waals surface area contributed by atoms with Crippen molar-refractivity contribution >= 4 is 0 Å². The van der Waals surface area contributed by atoms with E-state index < -0.39 is 0 Å². The van der Waals surface area contributed by atoms with Gasteiger partial charge in [0.05, 0.1) is 0 Å². The third kappa shape index (κ3) is 10.2. The molecule has 0 spiro atoms. The molecule has 0 aromatic carbocycles. The SMILES string of the molecule is CNCCCCN(CC(C)C)CC(C)C. The molecule has 2 heteroatoms. The molecule has 0 radical (unpaired) electrons. The zero-order valence-corrected chi connectivity index (χ0v) is 11.3. The Bertz CT molecular complexity index is 122. The summed E-state index contributed by atoms with van der Waals surface area (Å²) in [7, 11) is 2.03. The van der Waals surface area contributed by atoms with E-state index in [0.717, 1.165) is 18.4 Å². The maximum atomic E-state index is 3.20. The monoisotopic (exact) mass is 214 g/mol. The van der Waals surface area contributed by atoms with Gasteiger partial charge in [0.25, 0.3) is 0 Å². The van der Waals surface area contributed by atoms with Crippen molar-refractivity contribution in [2.45, 2.75) is 40.5 Å². The van der Waals surface area contributed by atoms with Crippen LogP contribution in [0.5, 0.6) is 0 Å². The highest BCUT2D eigenvalue weighted by molar-refractivity contribution is 4.62. The van der Waals surface area contributed by atoms with Crippen molar-refractivity contribution in [3.63, 3.8) is 0 Å². The molecule has 92 valence electrons. The number of rotatable bonds is 9. The summed E-state index contributed by atoms with van der Waals surface area (Å²) in [4.78, 5) is 2.62. The van der Waals surface area contributed by atoms with Crippen LogP contribution in [0.1, 0.15) is 40.5 Å². The Labute approximate surface area is 96.4 Å². The van der Waals surface area contributed by atoms with Crippen LogP contribution in [-0.4, -0.2) is 38.1 Å². The second-order valence-electron chi connectivity index (χ2n) is 5.36. The number of unbranched alkanes of at least 4 members (excludes halogenated alkanes) is 1. The lowest BCUT2D eigenvalue weighted by Gasteiger charge is -2.26. The van der Waals surface area contributed by atoms with Crippen LogP contribution < -0.4 is 5.32 Å². The van der Waals surface area contributed by atoms with Crippen molar-refractivity contribution in [3.05, 3.63) is 0 Å². The lowest BCUT2D eigenvalue weighted by atomic mass is 10.1. The number of hydrogen-bond acceptors (Lipinski definition) is 2. The number of hydrogen-bond donors (Lipinski definition) is 1. The maximum Gasteiger partial charge on any atom is 0.000449 e. The summed E-state index contributed by atoms with van der Waals surface area (Å²) in [5, 5.41) is 3.20. The summed E-state index contributed by atoms with van der Waals surface area (Å²) < 4.78 is 0. The highest BCUT2D eigenvalue weighted by Gasteiger charge is 2.08. The Morgan fingerprint density at radius 1 is 0.933 bits per heavy atom. The fourth-order valence-corrected chi connectivity index (χ4v) is 1.93. The summed E-state index contributed by atoms with van der Waals surface area (Å²) in [6.45, 7) is 14.1. The van der Waals surface area contributed by atoms with E-state index in [9.17, 15) is 0 Å². The van der Waals surface area contributed by atoms with Crippen LogP contribution in [0.2, 0.25) is 0 Å². The summed E-state index contributed by atoms with van der Waals surface area (Å²) in [5.74, 6) is 1.57. The lowest BCUT2D eigenvalue weighted by molar-refractivity contribution is 0.215. The van der Waals surface area contributed by atoms with Gasteiger partial charge in [-0.25, -0.2) is 0 Å². The minimum Gasteiger partial charge on any atom is -0.320 e. The minimum absolute atomic E-state index is 0.785. The van der Waals surface area contributed by atoms with Gasteiger partial charge >= 0.3 is 0 Å². The zero-order chi connectivity index (χ0) is 11.7. The third-order valence-electron chi connectivity index (χ3n) is 2.40. The van der Waals surface area contributed by atoms with Gasteiger partial charge in [-0.3, -0.25) is 0 Å². The molecule has 0 aliphatic carbocycles. The largest absolute Gasteiger partial charge is 0.320 e. The first-order valence-corrected chi connectivity index (χ1v) is 6.43. The molecule has 0 heterocycles. The fourth-order valence-electron chi connectivity index (χ4n) is 1.93. The average Bonchev–Trinajstić information content (AvgIpc) is 2.10. The van der Waals surface area contributed by atoms with Gasteiger partial charge in [0, 0.05) is 13.1 Å². The van der Waals surface area contributed by atoms with Crippen LogP contribution in [0, 0.1) is 11.8 Å². The van der Waals surface area contributed by atoms with Crippen LogP contribution in [0.15, 0.2) is 0 Å². The molecule has 0 aromatic rings. The molecule has 0 saturated carbocycles. The van der Waals surface area contributed by atoms with Crippen LogP contribution in [0.25, 0.3) is 0 Å². The van der Waals surface area contributed by atoms with E-state index in [2.05, 4.69) is 37.9 Å². The van der Waals surface area contributed by atoms with Crippen molar-refractivity contribution < 1.29 is 0 Å². The van der Waals surface area contributed by atoms with Gasteiger partial charge in [-0.1, -0.05) is 27.7 Å². The van der Waals surface area contributed by atoms with Crippen molar-refractivity contribution in [2.75, 3.05) is 33.2 Å². The first kappa shape index (κ1) is 14.9. The number of nitrogens with zero attached hydrogens (tertiary/aromatic N) is 1. The molecule has 0 unspecified atom stereocenters. The van der Waals surface area contributed by atoms with Gasteiger partial charge in [-0.05, 0) is 44.8 Å². The molecule has 15 heavy (non-hydrogen) atoms. The second-order valence-corrected chi connectivity index (χ2v) is 5.36. The molecular formula is C13H30N2. The quantitative estimate of drug-likeness (QED) is 0.594. The van der Waals surface area contributed by atoms with Crippen molar-refractivity contribution in [2.24, 2.45) is 11.8 Å². The van der Waals surface area contributed by atoms with Gasteiger partial charge in [0.2, 0.25) is 0 Å². The van der Waals surface area contributed by atoms with Crippen LogP contribution >= 0.6 is 0 Å². The van der Waals surface area contributed by atoms with Crippen LogP contribution in [-0.2, 0) is 0 Å². The smallest absolute Gasteiger partial charge is 0.000449 e. The highest BCUT2D eigenvalue weighted by atomic mass is 15.1. The van der Waals surface area contributed by atoms with Crippen LogP contribution in [0.3, 0.4) is 0 Å². The topological polar surface area (TPSA) is 15.3 Å². The van der Waals surface area contributed by atoms with E-state index >= 15 is 0 Å². The van der Waals surface area contributed by atoms with E-state index in [1.54, 1.807) is 0 Å². The molecule has 1 N–H and O–H groups in total. The van der Waals surface area contributed by atoms with Crippen molar-refractivity contribution in [1.82, 2.24) is 10.2 Å². The predicted octanol–water partition coefficient (Wildman–Crippen LogP) is 2.60. The first-order chi connectivity index (χ1) is 7.06. The van der Waals surface area contributed by atoms with Gasteiger partial charge in [0.1, 0.15) is 0 Å². The summed E-state index contributed by atoms with van der Waals surface area (Å²) in [6, 6.07) is 0. The van der Waals surface area contributed by atoms with E-state index in [-0.39, 0.29) is 0 Å². The third-order valence-corrected chi connectivity index (χ3v) is 2.40. The Balaban J connectivity index is 3.69. The molecule has 0 amide bonds. The molecule has 0 atom stereocenters. The maximum absolute atomic E-state index is 3.20. The molecule has 2 nitrogen and oxygen atoms in total. The Hall–Kier alpha value is -0.0800. The molecule has 0 aliphatic heterocycles. The molecule has 0 saturated heterocycles. The number of nitrogens with one attached hydrogen (secondary N) is 1. The van der Waals surface area contributed by atoms with E-state index in [0.29, 0.717) is 0 Å². The van der Waals surface area contributed by atoms with Crippen molar-refractivity contribution in [3.8, 4) is 0 Å². The van der Waals surface area contributed by atoms with Gasteiger partial charge in [-0.15, -0.1) is 0 Å². The average molecular weight is 214 g/mol. The molecular weight excluding hydrogens is 184 g/mol. The molecule has 0 fully saturated rings. The Morgan fingerprint density at radius 3 is 1.87 bits per heavy atom. The lowest BCUT2D eigenvalue weighted by Crippen LogP contribution is -2.32. The predicted molar refractivity (Wildman–Crippen MR) is 69.3 cm³/mol. The summed E-state index contributed by atoms with van der Waals surface area (Å²) in [6.07, 6.45) is 2.61. The van der Waals surface area contributed by atoms with Crippen LogP contribution in [0.4, 0.5) is 0 Å². The highest BCUT2D eigenvalue weighted by Crippen LogP contribution is 2.05. The van der Waals surface area contributed by atoms with Gasteiger partial charge < -0.3 is 10.2 Å². The summed E-state index contributed by atoms with van der Waals surface area (Å²) in [5.41, 5.74) is 0. The minimum atomic E-state index is 0.785. The van der Waals surface area contributed by atoms with Crippen molar-refractivity contribution in [1.29, 1.82) is 0 Å². The van der Waals surface area contributed by atoms with E-state index in [1.165, 1.54) is 32.5 Å². The Kier molecular flexibility index (Phi) is 9.12. The molecule has 0 aromatic heterocycles. The van der Waals surface area contributed by atoms with Gasteiger partial charge in [-0.2, -0.15) is 0 Å². The second kappa shape index (κ2) is 9.17. The molecule has 0 rings (SSSR count). The normalized spacial score (nSPS) is 12.0. The first-order valence-electron chi connectivity index (χ1n) is 6.43. The standard InChI is InChI=1S/C13H30N2/c1-12(2)10-15(11-13(3)4)9-7-6-8-14-5/h12-14H,6-11H2,1-5H3.